The fourth-order valence-electron chi connectivity index (χ4n) is 3.78. The van der Waals surface area contributed by atoms with Gasteiger partial charge in [0.2, 0.25) is 5.91 Å². The molecule has 0 radical (unpaired) electrons. The maximum atomic E-state index is 13.4. The Bertz CT molecular complexity index is 943. The predicted octanol–water partition coefficient (Wildman–Crippen LogP) is 4.02. The number of piperidine rings is 1. The maximum Gasteiger partial charge on any atom is 0.267 e. The lowest BCUT2D eigenvalue weighted by Gasteiger charge is -2.38. The number of furan rings is 1. The summed E-state index contributed by atoms with van der Waals surface area (Å²) in [5.74, 6) is 0.235. The summed E-state index contributed by atoms with van der Waals surface area (Å²) in [6, 6.07) is 6.73. The average molecular weight is 428 g/mol. The second-order valence-corrected chi connectivity index (χ2v) is 8.75. The molecule has 0 bridgehead atoms. The van der Waals surface area contributed by atoms with E-state index >= 15 is 0 Å². The van der Waals surface area contributed by atoms with Crippen LogP contribution in [0.15, 0.2) is 52.2 Å². The molecular formula is C21H21N3O3S2. The molecule has 0 N–H and O–H groups in total. The van der Waals surface area contributed by atoms with Gasteiger partial charge in [-0.1, -0.05) is 30.0 Å². The SMILES string of the molecule is C[C@H](C(=O)N1CCCC[C@@H]1c1cccnc1)N1C(=O)/C(=C\c2ccco2)SC1=S. The fourth-order valence-corrected chi connectivity index (χ4v) is 5.18. The number of hydrogen-bond acceptors (Lipinski definition) is 6. The number of nitrogens with zero attached hydrogens (tertiary/aromatic N) is 3. The minimum Gasteiger partial charge on any atom is -0.465 e. The van der Waals surface area contributed by atoms with Gasteiger partial charge in [-0.15, -0.1) is 0 Å². The largest absolute Gasteiger partial charge is 0.465 e. The first-order valence-corrected chi connectivity index (χ1v) is 10.8. The van der Waals surface area contributed by atoms with E-state index in [4.69, 9.17) is 16.6 Å². The van der Waals surface area contributed by atoms with Crippen molar-refractivity contribution in [1.29, 1.82) is 0 Å². The number of aromatic nitrogens is 1. The zero-order valence-electron chi connectivity index (χ0n) is 16.0. The van der Waals surface area contributed by atoms with E-state index in [1.165, 1.54) is 16.7 Å². The molecule has 2 aromatic heterocycles. The number of thiocarbonyl (C=S) groups is 1. The van der Waals surface area contributed by atoms with Gasteiger partial charge in [0.25, 0.3) is 5.91 Å². The molecule has 2 saturated heterocycles. The first-order chi connectivity index (χ1) is 14.1. The lowest BCUT2D eigenvalue weighted by Crippen LogP contribution is -2.51. The van der Waals surface area contributed by atoms with E-state index in [9.17, 15) is 9.59 Å². The Kier molecular flexibility index (Phi) is 5.82. The van der Waals surface area contributed by atoms with E-state index in [2.05, 4.69) is 4.98 Å². The Balaban J connectivity index is 1.55. The lowest BCUT2D eigenvalue weighted by molar-refractivity contribution is -0.142. The molecule has 2 fully saturated rings. The van der Waals surface area contributed by atoms with Gasteiger partial charge in [-0.3, -0.25) is 19.5 Å². The van der Waals surface area contributed by atoms with Crippen molar-refractivity contribution in [3.8, 4) is 0 Å². The molecule has 8 heteroatoms. The Morgan fingerprint density at radius 1 is 1.38 bits per heavy atom. The third-order valence-electron chi connectivity index (χ3n) is 5.24. The Morgan fingerprint density at radius 3 is 2.97 bits per heavy atom. The van der Waals surface area contributed by atoms with Crippen LogP contribution in [0.2, 0.25) is 0 Å². The number of pyridine rings is 1. The van der Waals surface area contributed by atoms with Crippen LogP contribution in [0.4, 0.5) is 0 Å². The third kappa shape index (κ3) is 4.00. The summed E-state index contributed by atoms with van der Waals surface area (Å²) in [7, 11) is 0. The smallest absolute Gasteiger partial charge is 0.267 e. The highest BCUT2D eigenvalue weighted by Gasteiger charge is 2.41. The van der Waals surface area contributed by atoms with E-state index in [1.807, 2.05) is 23.2 Å². The van der Waals surface area contributed by atoms with Crippen molar-refractivity contribution in [3.63, 3.8) is 0 Å². The molecule has 2 amide bonds. The van der Waals surface area contributed by atoms with E-state index in [0.717, 1.165) is 24.8 Å². The van der Waals surface area contributed by atoms with Crippen molar-refractivity contribution in [2.45, 2.75) is 38.3 Å². The summed E-state index contributed by atoms with van der Waals surface area (Å²) in [6.45, 7) is 2.41. The molecule has 0 aliphatic carbocycles. The third-order valence-corrected chi connectivity index (χ3v) is 6.57. The second kappa shape index (κ2) is 8.51. The zero-order valence-corrected chi connectivity index (χ0v) is 17.6. The molecule has 4 heterocycles. The molecule has 0 spiro atoms. The molecule has 0 saturated carbocycles. The van der Waals surface area contributed by atoms with Crippen LogP contribution in [-0.2, 0) is 9.59 Å². The Labute approximate surface area is 179 Å². The van der Waals surface area contributed by atoms with Gasteiger partial charge in [0, 0.05) is 25.0 Å². The highest BCUT2D eigenvalue weighted by molar-refractivity contribution is 8.26. The maximum absolute atomic E-state index is 13.4. The van der Waals surface area contributed by atoms with Gasteiger partial charge in [0.15, 0.2) is 0 Å². The van der Waals surface area contributed by atoms with Crippen molar-refractivity contribution in [2.75, 3.05) is 6.54 Å². The molecule has 2 aromatic rings. The number of carbonyl (C=O) groups is 2. The summed E-state index contributed by atoms with van der Waals surface area (Å²) in [5.41, 5.74) is 1.02. The van der Waals surface area contributed by atoms with Crippen LogP contribution in [0.5, 0.6) is 0 Å². The Hall–Kier alpha value is -2.45. The number of amides is 2. The van der Waals surface area contributed by atoms with Crippen molar-refractivity contribution >= 4 is 46.2 Å². The van der Waals surface area contributed by atoms with E-state index in [1.54, 1.807) is 37.6 Å². The standard InChI is InChI=1S/C21H21N3O3S2/c1-14(24-20(26)18(29-21(24)28)12-16-7-5-11-27-16)19(25)23-10-3-2-8-17(23)15-6-4-9-22-13-15/h4-7,9,11-14,17H,2-3,8,10H2,1H3/b18-12+/t14-,17-/m1/s1. The number of carbonyl (C=O) groups excluding carboxylic acids is 2. The molecule has 2 aliphatic rings. The normalized spacial score (nSPS) is 22.4. The van der Waals surface area contributed by atoms with Crippen molar-refractivity contribution in [1.82, 2.24) is 14.8 Å². The zero-order chi connectivity index (χ0) is 20.4. The first-order valence-electron chi connectivity index (χ1n) is 9.57. The topological polar surface area (TPSA) is 66.7 Å². The van der Waals surface area contributed by atoms with Crippen LogP contribution in [0.3, 0.4) is 0 Å². The fraction of sp³-hybridized carbons (Fsp3) is 0.333. The molecular weight excluding hydrogens is 406 g/mol. The molecule has 29 heavy (non-hydrogen) atoms. The minimum atomic E-state index is -0.665. The molecule has 2 atom stereocenters. The highest BCUT2D eigenvalue weighted by atomic mass is 32.2. The van der Waals surface area contributed by atoms with Gasteiger partial charge in [-0.25, -0.2) is 0 Å². The average Bonchev–Trinajstić information content (AvgIpc) is 3.35. The minimum absolute atomic E-state index is 0.0236. The van der Waals surface area contributed by atoms with Crippen LogP contribution in [0, 0.1) is 0 Å². The predicted molar refractivity (Wildman–Crippen MR) is 116 cm³/mol. The highest BCUT2D eigenvalue weighted by Crippen LogP contribution is 2.36. The monoisotopic (exact) mass is 427 g/mol. The number of hydrogen-bond donors (Lipinski definition) is 0. The van der Waals surface area contributed by atoms with E-state index < -0.39 is 6.04 Å². The molecule has 2 aliphatic heterocycles. The van der Waals surface area contributed by atoms with Crippen molar-refractivity contribution in [2.24, 2.45) is 0 Å². The lowest BCUT2D eigenvalue weighted by atomic mass is 9.95. The van der Waals surface area contributed by atoms with Crippen LogP contribution >= 0.6 is 24.0 Å². The van der Waals surface area contributed by atoms with Crippen LogP contribution in [0.25, 0.3) is 6.08 Å². The van der Waals surface area contributed by atoms with Gasteiger partial charge in [0.1, 0.15) is 16.1 Å². The second-order valence-electron chi connectivity index (χ2n) is 7.07. The number of likely N-dealkylation sites (tertiary alicyclic amines) is 1. The molecule has 6 nitrogen and oxygen atoms in total. The molecule has 0 aromatic carbocycles. The first kappa shape index (κ1) is 19.8. The van der Waals surface area contributed by atoms with Gasteiger partial charge in [-0.2, -0.15) is 0 Å². The molecule has 150 valence electrons. The van der Waals surface area contributed by atoms with Crippen molar-refractivity contribution < 1.29 is 14.0 Å². The summed E-state index contributed by atoms with van der Waals surface area (Å²) in [5, 5.41) is 0. The van der Waals surface area contributed by atoms with E-state index in [0.29, 0.717) is 21.5 Å². The van der Waals surface area contributed by atoms with Crippen LogP contribution < -0.4 is 0 Å². The molecule has 0 unspecified atom stereocenters. The number of rotatable bonds is 4. The Morgan fingerprint density at radius 2 is 2.24 bits per heavy atom. The summed E-state index contributed by atoms with van der Waals surface area (Å²) in [6.07, 6.45) is 9.65. The van der Waals surface area contributed by atoms with Crippen LogP contribution in [-0.4, -0.2) is 43.5 Å². The quantitative estimate of drug-likeness (QED) is 0.542. The van der Waals surface area contributed by atoms with Gasteiger partial charge in [0.05, 0.1) is 17.2 Å². The summed E-state index contributed by atoms with van der Waals surface area (Å²) < 4.78 is 5.69. The van der Waals surface area contributed by atoms with Crippen LogP contribution in [0.1, 0.15) is 43.6 Å². The van der Waals surface area contributed by atoms with Gasteiger partial charge >= 0.3 is 0 Å². The summed E-state index contributed by atoms with van der Waals surface area (Å²) in [4.78, 5) is 34.3. The summed E-state index contributed by atoms with van der Waals surface area (Å²) >= 11 is 6.62. The van der Waals surface area contributed by atoms with Gasteiger partial charge in [-0.05, 0) is 49.9 Å². The van der Waals surface area contributed by atoms with Crippen molar-refractivity contribution in [3.05, 3.63) is 59.2 Å². The molecule has 4 rings (SSSR count). The van der Waals surface area contributed by atoms with Gasteiger partial charge < -0.3 is 9.32 Å². The number of thioether (sulfide) groups is 1. The van der Waals surface area contributed by atoms with E-state index in [-0.39, 0.29) is 17.9 Å².